The standard InChI is InChI=1S/C12H18N2O/c1-9-4-5-10(6-12(9)14(2)3)13-11-7-15-8-11/h4-6,11,13H,7-8H2,1-3H3. The van der Waals surface area contributed by atoms with E-state index in [1.54, 1.807) is 0 Å². The van der Waals surface area contributed by atoms with Crippen molar-refractivity contribution in [3.05, 3.63) is 23.8 Å². The van der Waals surface area contributed by atoms with Crippen molar-refractivity contribution < 1.29 is 4.74 Å². The van der Waals surface area contributed by atoms with Crippen LogP contribution in [0.3, 0.4) is 0 Å². The lowest BCUT2D eigenvalue weighted by molar-refractivity contribution is 0.0211. The van der Waals surface area contributed by atoms with Crippen molar-refractivity contribution in [1.29, 1.82) is 0 Å². The molecule has 1 aliphatic rings. The summed E-state index contributed by atoms with van der Waals surface area (Å²) in [6.07, 6.45) is 0. The molecular weight excluding hydrogens is 188 g/mol. The Morgan fingerprint density at radius 2 is 2.07 bits per heavy atom. The highest BCUT2D eigenvalue weighted by Crippen LogP contribution is 2.23. The number of hydrogen-bond acceptors (Lipinski definition) is 3. The molecule has 82 valence electrons. The summed E-state index contributed by atoms with van der Waals surface area (Å²) < 4.78 is 5.14. The molecule has 0 bridgehead atoms. The van der Waals surface area contributed by atoms with Crippen molar-refractivity contribution in [2.24, 2.45) is 0 Å². The number of nitrogens with zero attached hydrogens (tertiary/aromatic N) is 1. The van der Waals surface area contributed by atoms with Crippen molar-refractivity contribution in [2.75, 3.05) is 37.5 Å². The summed E-state index contributed by atoms with van der Waals surface area (Å²) in [5.74, 6) is 0. The molecule has 0 amide bonds. The van der Waals surface area contributed by atoms with E-state index in [2.05, 4.69) is 49.4 Å². The first kappa shape index (κ1) is 10.3. The molecule has 1 aromatic carbocycles. The zero-order valence-corrected chi connectivity index (χ0v) is 9.58. The van der Waals surface area contributed by atoms with Gasteiger partial charge in [0.15, 0.2) is 0 Å². The summed E-state index contributed by atoms with van der Waals surface area (Å²) in [7, 11) is 4.14. The summed E-state index contributed by atoms with van der Waals surface area (Å²) >= 11 is 0. The highest BCUT2D eigenvalue weighted by molar-refractivity contribution is 5.62. The van der Waals surface area contributed by atoms with Gasteiger partial charge in [0.2, 0.25) is 0 Å². The molecule has 0 spiro atoms. The molecule has 0 saturated carbocycles. The van der Waals surface area contributed by atoms with Gasteiger partial charge >= 0.3 is 0 Å². The van der Waals surface area contributed by atoms with Gasteiger partial charge in [0.25, 0.3) is 0 Å². The Bertz CT molecular complexity index is 345. The van der Waals surface area contributed by atoms with Crippen LogP contribution in [0.5, 0.6) is 0 Å². The first-order valence-corrected chi connectivity index (χ1v) is 5.29. The molecule has 1 fully saturated rings. The van der Waals surface area contributed by atoms with Crippen molar-refractivity contribution in [1.82, 2.24) is 0 Å². The zero-order chi connectivity index (χ0) is 10.8. The number of anilines is 2. The van der Waals surface area contributed by atoms with Crippen LogP contribution >= 0.6 is 0 Å². The second-order valence-corrected chi connectivity index (χ2v) is 4.27. The molecule has 1 heterocycles. The maximum absolute atomic E-state index is 5.14. The summed E-state index contributed by atoms with van der Waals surface area (Å²) in [5, 5.41) is 3.45. The Morgan fingerprint density at radius 1 is 1.33 bits per heavy atom. The second-order valence-electron chi connectivity index (χ2n) is 4.27. The second kappa shape index (κ2) is 4.11. The van der Waals surface area contributed by atoms with E-state index < -0.39 is 0 Å². The fourth-order valence-electron chi connectivity index (χ4n) is 1.74. The van der Waals surface area contributed by atoms with Gasteiger partial charge in [-0.15, -0.1) is 0 Å². The number of benzene rings is 1. The van der Waals surface area contributed by atoms with Crippen LogP contribution in [-0.4, -0.2) is 33.4 Å². The van der Waals surface area contributed by atoms with Crippen molar-refractivity contribution >= 4 is 11.4 Å². The van der Waals surface area contributed by atoms with Crippen molar-refractivity contribution in [3.8, 4) is 0 Å². The Hall–Kier alpha value is -1.22. The van der Waals surface area contributed by atoms with Gasteiger partial charge in [-0.05, 0) is 24.6 Å². The fourth-order valence-corrected chi connectivity index (χ4v) is 1.74. The van der Waals surface area contributed by atoms with Crippen LogP contribution in [0.1, 0.15) is 5.56 Å². The topological polar surface area (TPSA) is 24.5 Å². The zero-order valence-electron chi connectivity index (χ0n) is 9.58. The highest BCUT2D eigenvalue weighted by atomic mass is 16.5. The molecule has 1 N–H and O–H groups in total. The van der Waals surface area contributed by atoms with Gasteiger partial charge < -0.3 is 15.0 Å². The van der Waals surface area contributed by atoms with Crippen LogP contribution in [0.4, 0.5) is 11.4 Å². The molecule has 0 radical (unpaired) electrons. The molecule has 1 saturated heterocycles. The van der Waals surface area contributed by atoms with E-state index in [4.69, 9.17) is 4.74 Å². The van der Waals surface area contributed by atoms with E-state index in [-0.39, 0.29) is 0 Å². The van der Waals surface area contributed by atoms with E-state index in [1.807, 2.05) is 0 Å². The van der Waals surface area contributed by atoms with E-state index in [0.29, 0.717) is 6.04 Å². The van der Waals surface area contributed by atoms with Crippen LogP contribution in [0.15, 0.2) is 18.2 Å². The molecule has 1 aromatic rings. The summed E-state index contributed by atoms with van der Waals surface area (Å²) in [6, 6.07) is 6.95. The predicted octanol–water partition coefficient (Wildman–Crippen LogP) is 1.87. The molecule has 0 unspecified atom stereocenters. The van der Waals surface area contributed by atoms with Gasteiger partial charge in [0, 0.05) is 25.5 Å². The van der Waals surface area contributed by atoms with E-state index in [0.717, 1.165) is 13.2 Å². The molecule has 3 nitrogen and oxygen atoms in total. The lowest BCUT2D eigenvalue weighted by atomic mass is 10.1. The lowest BCUT2D eigenvalue weighted by Gasteiger charge is -2.28. The lowest BCUT2D eigenvalue weighted by Crippen LogP contribution is -2.40. The monoisotopic (exact) mass is 206 g/mol. The van der Waals surface area contributed by atoms with Gasteiger partial charge in [-0.25, -0.2) is 0 Å². The number of ether oxygens (including phenoxy) is 1. The molecule has 1 aliphatic heterocycles. The third-order valence-electron chi connectivity index (χ3n) is 2.70. The molecule has 3 heteroatoms. The number of nitrogens with one attached hydrogen (secondary N) is 1. The van der Waals surface area contributed by atoms with Crippen molar-refractivity contribution in [3.63, 3.8) is 0 Å². The summed E-state index contributed by atoms with van der Waals surface area (Å²) in [5.41, 5.74) is 3.74. The minimum absolute atomic E-state index is 0.489. The smallest absolute Gasteiger partial charge is 0.0728 e. The molecule has 0 aliphatic carbocycles. The average Bonchev–Trinajstić information content (AvgIpc) is 2.13. The fraction of sp³-hybridized carbons (Fsp3) is 0.500. The SMILES string of the molecule is Cc1ccc(NC2COC2)cc1N(C)C. The maximum atomic E-state index is 5.14. The van der Waals surface area contributed by atoms with E-state index in [1.165, 1.54) is 16.9 Å². The Kier molecular flexibility index (Phi) is 2.82. The van der Waals surface area contributed by atoms with Crippen LogP contribution in [0.2, 0.25) is 0 Å². The van der Waals surface area contributed by atoms with Gasteiger partial charge in [0.05, 0.1) is 19.3 Å². The minimum atomic E-state index is 0.489. The first-order chi connectivity index (χ1) is 7.16. The molecule has 0 atom stereocenters. The molecule has 15 heavy (non-hydrogen) atoms. The minimum Gasteiger partial charge on any atom is -0.378 e. The van der Waals surface area contributed by atoms with Crippen LogP contribution < -0.4 is 10.2 Å². The van der Waals surface area contributed by atoms with E-state index in [9.17, 15) is 0 Å². The summed E-state index contributed by atoms with van der Waals surface area (Å²) in [4.78, 5) is 2.14. The van der Waals surface area contributed by atoms with Crippen molar-refractivity contribution in [2.45, 2.75) is 13.0 Å². The number of rotatable bonds is 3. The molecular formula is C12H18N2O. The third kappa shape index (κ3) is 2.23. The highest BCUT2D eigenvalue weighted by Gasteiger charge is 2.17. The number of aryl methyl sites for hydroxylation is 1. The van der Waals surface area contributed by atoms with Crippen LogP contribution in [0.25, 0.3) is 0 Å². The largest absolute Gasteiger partial charge is 0.378 e. The van der Waals surface area contributed by atoms with Gasteiger partial charge in [-0.3, -0.25) is 0 Å². The number of hydrogen-bond donors (Lipinski definition) is 1. The van der Waals surface area contributed by atoms with Gasteiger partial charge in [0.1, 0.15) is 0 Å². The van der Waals surface area contributed by atoms with Crippen LogP contribution in [-0.2, 0) is 4.74 Å². The first-order valence-electron chi connectivity index (χ1n) is 5.29. The molecule has 0 aromatic heterocycles. The third-order valence-corrected chi connectivity index (χ3v) is 2.70. The Labute approximate surface area is 91.0 Å². The Morgan fingerprint density at radius 3 is 2.60 bits per heavy atom. The average molecular weight is 206 g/mol. The quantitative estimate of drug-likeness (QED) is 0.817. The summed E-state index contributed by atoms with van der Waals surface area (Å²) in [6.45, 7) is 3.78. The Balaban J connectivity index is 2.14. The van der Waals surface area contributed by atoms with Crippen LogP contribution in [0, 0.1) is 6.92 Å². The van der Waals surface area contributed by atoms with Gasteiger partial charge in [-0.1, -0.05) is 6.07 Å². The van der Waals surface area contributed by atoms with Gasteiger partial charge in [-0.2, -0.15) is 0 Å². The molecule has 2 rings (SSSR count). The normalized spacial score (nSPS) is 15.9. The maximum Gasteiger partial charge on any atom is 0.0728 e. The predicted molar refractivity (Wildman–Crippen MR) is 63.7 cm³/mol. The van der Waals surface area contributed by atoms with E-state index >= 15 is 0 Å².